The molecule has 7 heteroatoms. The molecule has 0 radical (unpaired) electrons. The highest BCUT2D eigenvalue weighted by Gasteiger charge is 2.41. The Bertz CT molecular complexity index is 828. The van der Waals surface area contributed by atoms with E-state index >= 15 is 0 Å². The van der Waals surface area contributed by atoms with E-state index in [-0.39, 0.29) is 29.7 Å². The van der Waals surface area contributed by atoms with Crippen LogP contribution < -0.4 is 0 Å². The zero-order chi connectivity index (χ0) is 19.0. The molecule has 1 atom stereocenters. The van der Waals surface area contributed by atoms with Crippen molar-refractivity contribution < 1.29 is 14.1 Å². The first-order valence-corrected chi connectivity index (χ1v) is 9.28. The van der Waals surface area contributed by atoms with Gasteiger partial charge in [0.15, 0.2) is 0 Å². The monoisotopic (exact) mass is 368 g/mol. The molecular weight excluding hydrogens is 344 g/mol. The number of hydrogen-bond donors (Lipinski definition) is 0. The van der Waals surface area contributed by atoms with Gasteiger partial charge in [0.25, 0.3) is 5.91 Å². The van der Waals surface area contributed by atoms with E-state index in [4.69, 9.17) is 4.52 Å². The summed E-state index contributed by atoms with van der Waals surface area (Å²) >= 11 is 0. The minimum absolute atomic E-state index is 0.0531. The lowest BCUT2D eigenvalue weighted by molar-refractivity contribution is -0.130. The molecule has 1 saturated heterocycles. The predicted octanol–water partition coefficient (Wildman–Crippen LogP) is 1.58. The van der Waals surface area contributed by atoms with Gasteiger partial charge in [-0.15, -0.1) is 0 Å². The van der Waals surface area contributed by atoms with Crippen LogP contribution in [0.1, 0.15) is 34.1 Å². The van der Waals surface area contributed by atoms with Gasteiger partial charge in [-0.05, 0) is 17.5 Å². The summed E-state index contributed by atoms with van der Waals surface area (Å²) in [4.78, 5) is 30.6. The maximum absolute atomic E-state index is 12.4. The molecule has 1 aromatic carbocycles. The van der Waals surface area contributed by atoms with Gasteiger partial charge in [-0.1, -0.05) is 29.4 Å². The summed E-state index contributed by atoms with van der Waals surface area (Å²) in [5.74, 6) is 0.273. The molecule has 2 aliphatic heterocycles. The fourth-order valence-corrected chi connectivity index (χ4v) is 4.00. The van der Waals surface area contributed by atoms with Crippen molar-refractivity contribution in [1.82, 2.24) is 19.9 Å². The van der Waals surface area contributed by atoms with Gasteiger partial charge in [-0.25, -0.2) is 0 Å². The molecule has 3 heterocycles. The summed E-state index contributed by atoms with van der Waals surface area (Å²) in [5.41, 5.74) is 2.55. The van der Waals surface area contributed by atoms with Crippen molar-refractivity contribution in [3.8, 4) is 0 Å². The number of carbonyl (C=O) groups excluding carboxylic acids is 2. The number of fused-ring (bicyclic) bond motifs is 1. The van der Waals surface area contributed by atoms with E-state index in [0.29, 0.717) is 19.5 Å². The molecule has 7 nitrogen and oxygen atoms in total. The van der Waals surface area contributed by atoms with Crippen LogP contribution in [0.25, 0.3) is 0 Å². The van der Waals surface area contributed by atoms with E-state index in [1.165, 1.54) is 17.3 Å². The van der Waals surface area contributed by atoms with E-state index in [1.807, 2.05) is 6.07 Å². The van der Waals surface area contributed by atoms with Gasteiger partial charge in [0, 0.05) is 58.3 Å². The SMILES string of the molecule is CN(C)C(=O)CC1c2ccccc2CCN1C1CN(C(=O)c2ccno2)C1. The minimum atomic E-state index is -0.123. The maximum Gasteiger partial charge on any atom is 0.292 e. The quantitative estimate of drug-likeness (QED) is 0.819. The second-order valence-electron chi connectivity index (χ2n) is 7.44. The van der Waals surface area contributed by atoms with Crippen molar-refractivity contribution in [3.05, 3.63) is 53.4 Å². The third kappa shape index (κ3) is 3.35. The maximum atomic E-state index is 12.4. The Morgan fingerprint density at radius 3 is 2.70 bits per heavy atom. The summed E-state index contributed by atoms with van der Waals surface area (Å²) in [6.07, 6.45) is 2.90. The zero-order valence-corrected chi connectivity index (χ0v) is 15.7. The molecule has 0 spiro atoms. The zero-order valence-electron chi connectivity index (χ0n) is 15.7. The first-order chi connectivity index (χ1) is 13.0. The average molecular weight is 368 g/mol. The molecule has 1 fully saturated rings. The Kier molecular flexibility index (Phi) is 4.70. The molecule has 2 aliphatic rings. The number of benzene rings is 1. The largest absolute Gasteiger partial charge is 0.351 e. The predicted molar refractivity (Wildman–Crippen MR) is 99.1 cm³/mol. The van der Waals surface area contributed by atoms with Crippen LogP contribution in [0.15, 0.2) is 41.1 Å². The second kappa shape index (κ2) is 7.15. The Morgan fingerprint density at radius 2 is 2.00 bits per heavy atom. The molecule has 0 bridgehead atoms. The van der Waals surface area contributed by atoms with Crippen LogP contribution in [0.3, 0.4) is 0 Å². The Morgan fingerprint density at radius 1 is 1.22 bits per heavy atom. The minimum Gasteiger partial charge on any atom is -0.351 e. The number of aromatic nitrogens is 1. The highest BCUT2D eigenvalue weighted by atomic mass is 16.5. The number of likely N-dealkylation sites (tertiary alicyclic amines) is 1. The Hall–Kier alpha value is -2.67. The first kappa shape index (κ1) is 17.7. The summed E-state index contributed by atoms with van der Waals surface area (Å²) in [7, 11) is 3.59. The van der Waals surface area contributed by atoms with E-state index in [0.717, 1.165) is 13.0 Å². The van der Waals surface area contributed by atoms with Crippen molar-refractivity contribution >= 4 is 11.8 Å². The number of hydrogen-bond acceptors (Lipinski definition) is 5. The average Bonchev–Trinajstić information content (AvgIpc) is 3.16. The van der Waals surface area contributed by atoms with Crippen LogP contribution in [0.5, 0.6) is 0 Å². The fraction of sp³-hybridized carbons (Fsp3) is 0.450. The number of rotatable bonds is 4. The van der Waals surface area contributed by atoms with Crippen molar-refractivity contribution in [2.24, 2.45) is 0 Å². The Balaban J connectivity index is 1.50. The summed E-state index contributed by atoms with van der Waals surface area (Å²) in [5, 5.41) is 3.60. The van der Waals surface area contributed by atoms with E-state index < -0.39 is 0 Å². The second-order valence-corrected chi connectivity index (χ2v) is 7.44. The fourth-order valence-electron chi connectivity index (χ4n) is 4.00. The van der Waals surface area contributed by atoms with Crippen LogP contribution in [-0.2, 0) is 11.2 Å². The molecule has 0 aliphatic carbocycles. The lowest BCUT2D eigenvalue weighted by Crippen LogP contribution is -2.62. The molecule has 0 saturated carbocycles. The normalized spacial score (nSPS) is 20.1. The van der Waals surface area contributed by atoms with Gasteiger partial charge >= 0.3 is 0 Å². The highest BCUT2D eigenvalue weighted by Crippen LogP contribution is 2.36. The van der Waals surface area contributed by atoms with Crippen molar-refractivity contribution in [2.45, 2.75) is 24.9 Å². The molecule has 2 aromatic rings. The molecular formula is C20H24N4O3. The van der Waals surface area contributed by atoms with Crippen molar-refractivity contribution in [3.63, 3.8) is 0 Å². The van der Waals surface area contributed by atoms with E-state index in [2.05, 4.69) is 28.3 Å². The molecule has 0 N–H and O–H groups in total. The van der Waals surface area contributed by atoms with Crippen molar-refractivity contribution in [1.29, 1.82) is 0 Å². The van der Waals surface area contributed by atoms with Crippen LogP contribution in [-0.4, -0.2) is 71.4 Å². The third-order valence-electron chi connectivity index (χ3n) is 5.59. The Labute approximate surface area is 158 Å². The van der Waals surface area contributed by atoms with E-state index in [1.54, 1.807) is 30.0 Å². The number of carbonyl (C=O) groups is 2. The molecule has 142 valence electrons. The highest BCUT2D eigenvalue weighted by molar-refractivity contribution is 5.91. The lowest BCUT2D eigenvalue weighted by atomic mass is 9.88. The van der Waals surface area contributed by atoms with Gasteiger partial charge in [-0.2, -0.15) is 0 Å². The van der Waals surface area contributed by atoms with Gasteiger partial charge < -0.3 is 14.3 Å². The van der Waals surface area contributed by atoms with Gasteiger partial charge in [0.05, 0.1) is 6.20 Å². The number of nitrogens with zero attached hydrogens (tertiary/aromatic N) is 4. The standard InChI is InChI=1S/C20H24N4O3/c1-22(2)19(25)11-17-16-6-4-3-5-14(16)8-10-24(17)15-12-23(13-15)20(26)18-7-9-21-27-18/h3-7,9,15,17H,8,10-13H2,1-2H3. The molecule has 4 rings (SSSR count). The summed E-state index contributed by atoms with van der Waals surface area (Å²) in [6, 6.07) is 10.3. The molecule has 2 amide bonds. The van der Waals surface area contributed by atoms with Crippen molar-refractivity contribution in [2.75, 3.05) is 33.7 Å². The topological polar surface area (TPSA) is 69.9 Å². The van der Waals surface area contributed by atoms with Gasteiger partial charge in [-0.3, -0.25) is 14.5 Å². The third-order valence-corrected chi connectivity index (χ3v) is 5.59. The van der Waals surface area contributed by atoms with Crippen LogP contribution in [0.2, 0.25) is 0 Å². The smallest absolute Gasteiger partial charge is 0.292 e. The molecule has 1 unspecified atom stereocenters. The summed E-state index contributed by atoms with van der Waals surface area (Å²) < 4.78 is 4.97. The first-order valence-electron chi connectivity index (χ1n) is 9.28. The molecule has 1 aromatic heterocycles. The van der Waals surface area contributed by atoms with E-state index in [9.17, 15) is 9.59 Å². The summed E-state index contributed by atoms with van der Waals surface area (Å²) in [6.45, 7) is 2.19. The van der Waals surface area contributed by atoms with Gasteiger partial charge in [0.1, 0.15) is 0 Å². The molecule has 27 heavy (non-hydrogen) atoms. The number of amides is 2. The lowest BCUT2D eigenvalue weighted by Gasteiger charge is -2.50. The van der Waals surface area contributed by atoms with Crippen LogP contribution in [0.4, 0.5) is 0 Å². The van der Waals surface area contributed by atoms with Gasteiger partial charge in [0.2, 0.25) is 11.7 Å². The van der Waals surface area contributed by atoms with Crippen LogP contribution >= 0.6 is 0 Å². The van der Waals surface area contributed by atoms with Crippen LogP contribution in [0, 0.1) is 0 Å².